The minimum atomic E-state index is 0.0318. The fraction of sp³-hybridized carbons (Fsp3) is 0.696. The Hall–Kier alpha value is -1.59. The molecule has 1 unspecified atom stereocenters. The highest BCUT2D eigenvalue weighted by atomic mass is 16.3. The molecule has 5 nitrogen and oxygen atoms in total. The van der Waals surface area contributed by atoms with Crippen LogP contribution in [0.1, 0.15) is 70.0 Å². The van der Waals surface area contributed by atoms with Gasteiger partial charge in [-0.3, -0.25) is 4.90 Å². The lowest BCUT2D eigenvalue weighted by molar-refractivity contribution is 0.0937. The molecule has 2 aliphatic rings. The molecular weight excluding hydrogens is 350 g/mol. The Morgan fingerprint density at radius 2 is 1.93 bits per heavy atom. The standard InChI is InChI=1S/C23H37N3O2/c1-23(2,3)25-15-12-19(13-16-25)24-22(28)26(14-7-17-27)21-11-6-9-18-8-4-5-10-20(18)21/h4-5,8,10,19,21,27H,6-7,9,11-17H2,1-3H3,(H,24,28). The Kier molecular flexibility index (Phi) is 7.00. The molecule has 156 valence electrons. The highest BCUT2D eigenvalue weighted by molar-refractivity contribution is 5.75. The maximum absolute atomic E-state index is 13.2. The first-order chi connectivity index (χ1) is 13.4. The van der Waals surface area contributed by atoms with Crippen molar-refractivity contribution in [3.63, 3.8) is 0 Å². The van der Waals surface area contributed by atoms with Crippen molar-refractivity contribution in [2.24, 2.45) is 0 Å². The summed E-state index contributed by atoms with van der Waals surface area (Å²) in [5.74, 6) is 0. The van der Waals surface area contributed by atoms with Crippen LogP contribution in [0.2, 0.25) is 0 Å². The number of hydrogen-bond donors (Lipinski definition) is 2. The van der Waals surface area contributed by atoms with Crippen LogP contribution in [0.4, 0.5) is 4.79 Å². The van der Waals surface area contributed by atoms with Gasteiger partial charge in [-0.25, -0.2) is 4.79 Å². The molecule has 0 saturated carbocycles. The molecule has 2 N–H and O–H groups in total. The molecule has 5 heteroatoms. The number of fused-ring (bicyclic) bond motifs is 1. The SMILES string of the molecule is CC(C)(C)N1CCC(NC(=O)N(CCCO)C2CCCc3ccccc32)CC1. The molecule has 0 spiro atoms. The normalized spacial score (nSPS) is 21.2. The van der Waals surface area contributed by atoms with Crippen molar-refractivity contribution in [3.05, 3.63) is 35.4 Å². The van der Waals surface area contributed by atoms with Gasteiger partial charge >= 0.3 is 6.03 Å². The molecule has 1 aromatic rings. The van der Waals surface area contributed by atoms with Crippen molar-refractivity contribution in [2.75, 3.05) is 26.2 Å². The Labute approximate surface area is 170 Å². The number of carbonyl (C=O) groups is 1. The molecule has 1 saturated heterocycles. The predicted molar refractivity (Wildman–Crippen MR) is 113 cm³/mol. The van der Waals surface area contributed by atoms with E-state index in [0.717, 1.165) is 45.2 Å². The smallest absolute Gasteiger partial charge is 0.318 e. The Morgan fingerprint density at radius 3 is 2.61 bits per heavy atom. The third-order valence-electron chi connectivity index (χ3n) is 6.30. The summed E-state index contributed by atoms with van der Waals surface area (Å²) in [4.78, 5) is 17.7. The van der Waals surface area contributed by atoms with Gasteiger partial charge in [0, 0.05) is 37.8 Å². The second-order valence-electron chi connectivity index (χ2n) is 9.26. The topological polar surface area (TPSA) is 55.8 Å². The van der Waals surface area contributed by atoms with Gasteiger partial charge in [0.05, 0.1) is 6.04 Å². The number of benzene rings is 1. The zero-order chi connectivity index (χ0) is 20.1. The quantitative estimate of drug-likeness (QED) is 0.810. The van der Waals surface area contributed by atoms with Crippen LogP contribution in [0.3, 0.4) is 0 Å². The zero-order valence-electron chi connectivity index (χ0n) is 17.8. The molecule has 1 heterocycles. The largest absolute Gasteiger partial charge is 0.396 e. The molecule has 1 aliphatic heterocycles. The lowest BCUT2D eigenvalue weighted by Crippen LogP contribution is -2.53. The van der Waals surface area contributed by atoms with Gasteiger partial charge in [0.25, 0.3) is 0 Å². The molecular formula is C23H37N3O2. The van der Waals surface area contributed by atoms with Crippen LogP contribution in [-0.2, 0) is 6.42 Å². The second kappa shape index (κ2) is 9.27. The van der Waals surface area contributed by atoms with Crippen molar-refractivity contribution in [1.82, 2.24) is 15.1 Å². The summed E-state index contributed by atoms with van der Waals surface area (Å²) in [5, 5.41) is 12.7. The van der Waals surface area contributed by atoms with Crippen LogP contribution < -0.4 is 5.32 Å². The number of hydrogen-bond acceptors (Lipinski definition) is 3. The van der Waals surface area contributed by atoms with E-state index in [1.54, 1.807) is 0 Å². The van der Waals surface area contributed by atoms with E-state index >= 15 is 0 Å². The van der Waals surface area contributed by atoms with E-state index in [0.29, 0.717) is 13.0 Å². The number of amides is 2. The van der Waals surface area contributed by atoms with E-state index < -0.39 is 0 Å². The predicted octanol–water partition coefficient (Wildman–Crippen LogP) is 3.72. The van der Waals surface area contributed by atoms with Gasteiger partial charge in [-0.2, -0.15) is 0 Å². The average molecular weight is 388 g/mol. The van der Waals surface area contributed by atoms with Crippen LogP contribution in [0, 0.1) is 0 Å². The van der Waals surface area contributed by atoms with Crippen LogP contribution >= 0.6 is 0 Å². The number of rotatable bonds is 5. The first-order valence-corrected chi connectivity index (χ1v) is 10.9. The molecule has 1 aliphatic carbocycles. The summed E-state index contributed by atoms with van der Waals surface area (Å²) in [6.07, 6.45) is 5.81. The van der Waals surface area contributed by atoms with Gasteiger partial charge < -0.3 is 15.3 Å². The maximum atomic E-state index is 13.2. The molecule has 1 atom stereocenters. The van der Waals surface area contributed by atoms with Crippen molar-refractivity contribution >= 4 is 6.03 Å². The number of aliphatic hydroxyl groups excluding tert-OH is 1. The van der Waals surface area contributed by atoms with Gasteiger partial charge in [0.15, 0.2) is 0 Å². The monoisotopic (exact) mass is 387 g/mol. The lowest BCUT2D eigenvalue weighted by atomic mass is 9.87. The van der Waals surface area contributed by atoms with Gasteiger partial charge in [0.2, 0.25) is 0 Å². The molecule has 3 rings (SSSR count). The Bertz CT molecular complexity index is 647. The number of nitrogens with zero attached hydrogens (tertiary/aromatic N) is 2. The van der Waals surface area contributed by atoms with E-state index in [4.69, 9.17) is 0 Å². The van der Waals surface area contributed by atoms with Crippen LogP contribution in [0.5, 0.6) is 0 Å². The lowest BCUT2D eigenvalue weighted by Gasteiger charge is -2.42. The fourth-order valence-corrected chi connectivity index (χ4v) is 4.64. The minimum absolute atomic E-state index is 0.0318. The molecule has 1 aromatic carbocycles. The molecule has 0 aromatic heterocycles. The van der Waals surface area contributed by atoms with E-state index in [9.17, 15) is 9.90 Å². The Balaban J connectivity index is 1.67. The van der Waals surface area contributed by atoms with Crippen LogP contribution in [-0.4, -0.2) is 58.8 Å². The van der Waals surface area contributed by atoms with Gasteiger partial charge in [0.1, 0.15) is 0 Å². The zero-order valence-corrected chi connectivity index (χ0v) is 17.8. The average Bonchev–Trinajstić information content (AvgIpc) is 2.68. The third kappa shape index (κ3) is 5.06. The molecule has 28 heavy (non-hydrogen) atoms. The number of aryl methyl sites for hydroxylation is 1. The van der Waals surface area contributed by atoms with Gasteiger partial charge in [-0.05, 0) is 70.4 Å². The maximum Gasteiger partial charge on any atom is 0.318 e. The second-order valence-corrected chi connectivity index (χ2v) is 9.26. The number of urea groups is 1. The molecule has 0 radical (unpaired) electrons. The van der Waals surface area contributed by atoms with Gasteiger partial charge in [-0.15, -0.1) is 0 Å². The summed E-state index contributed by atoms with van der Waals surface area (Å²) in [6, 6.07) is 8.90. The summed E-state index contributed by atoms with van der Waals surface area (Å²) in [5.41, 5.74) is 2.83. The third-order valence-corrected chi connectivity index (χ3v) is 6.30. The highest BCUT2D eigenvalue weighted by Gasteiger charge is 2.32. The van der Waals surface area contributed by atoms with Crippen molar-refractivity contribution in [1.29, 1.82) is 0 Å². The highest BCUT2D eigenvalue weighted by Crippen LogP contribution is 2.34. The van der Waals surface area contributed by atoms with E-state index in [2.05, 4.69) is 55.3 Å². The van der Waals surface area contributed by atoms with Gasteiger partial charge in [-0.1, -0.05) is 24.3 Å². The molecule has 1 fully saturated rings. The first kappa shape index (κ1) is 21.1. The molecule has 2 amide bonds. The summed E-state index contributed by atoms with van der Waals surface area (Å²) in [7, 11) is 0. The van der Waals surface area contributed by atoms with Crippen molar-refractivity contribution in [2.45, 2.75) is 76.9 Å². The van der Waals surface area contributed by atoms with E-state index in [1.165, 1.54) is 11.1 Å². The van der Waals surface area contributed by atoms with E-state index in [-0.39, 0.29) is 30.3 Å². The number of piperidine rings is 1. The Morgan fingerprint density at radius 1 is 1.21 bits per heavy atom. The minimum Gasteiger partial charge on any atom is -0.396 e. The summed E-state index contributed by atoms with van der Waals surface area (Å²) >= 11 is 0. The first-order valence-electron chi connectivity index (χ1n) is 10.9. The summed E-state index contributed by atoms with van der Waals surface area (Å²) in [6.45, 7) is 9.52. The number of aliphatic hydroxyl groups is 1. The number of carbonyl (C=O) groups excluding carboxylic acids is 1. The van der Waals surface area contributed by atoms with Crippen LogP contribution in [0.15, 0.2) is 24.3 Å². The summed E-state index contributed by atoms with van der Waals surface area (Å²) < 4.78 is 0. The number of likely N-dealkylation sites (tertiary alicyclic amines) is 1. The fourth-order valence-electron chi connectivity index (χ4n) is 4.64. The van der Waals surface area contributed by atoms with E-state index in [1.807, 2.05) is 4.90 Å². The van der Waals surface area contributed by atoms with Crippen LogP contribution in [0.25, 0.3) is 0 Å². The van der Waals surface area contributed by atoms with Crippen molar-refractivity contribution in [3.8, 4) is 0 Å². The number of nitrogens with one attached hydrogen (secondary N) is 1. The molecule has 0 bridgehead atoms. The van der Waals surface area contributed by atoms with Crippen molar-refractivity contribution < 1.29 is 9.90 Å².